The molecule has 0 amide bonds. The lowest BCUT2D eigenvalue weighted by atomic mass is 10.1. The first kappa shape index (κ1) is 11.9. The molecule has 0 radical (unpaired) electrons. The molecule has 1 atom stereocenters. The Hall–Kier alpha value is -0.170. The summed E-state index contributed by atoms with van der Waals surface area (Å²) in [7, 11) is -0.168. The molecule has 1 heterocycles. The fourth-order valence-corrected chi connectivity index (χ4v) is 3.07. The summed E-state index contributed by atoms with van der Waals surface area (Å²) >= 11 is 0. The maximum atomic E-state index is 11.9. The quantitative estimate of drug-likeness (QED) is 0.705. The summed E-state index contributed by atoms with van der Waals surface area (Å²) in [6.07, 6.45) is 2.88. The Morgan fingerprint density at radius 3 is 2.57 bits per heavy atom. The molecule has 0 saturated carbocycles. The molecule has 0 aromatic heterocycles. The fourth-order valence-electron chi connectivity index (χ4n) is 1.72. The Kier molecular flexibility index (Phi) is 3.88. The molecule has 5 nitrogen and oxygen atoms in total. The molecule has 1 saturated heterocycles. The summed E-state index contributed by atoms with van der Waals surface area (Å²) < 4.78 is 26.5. The molecule has 1 fully saturated rings. The van der Waals surface area contributed by atoms with E-state index in [1.54, 1.807) is 14.1 Å². The van der Waals surface area contributed by atoms with E-state index in [9.17, 15) is 8.42 Å². The monoisotopic (exact) mass is 221 g/mol. The minimum absolute atomic E-state index is 0.0175. The standard InChI is InChI=1S/C8H19N3O2S/c1-10(2)14(12,13)11-6-4-3-5-8(11)7-9/h8H,3-7,9H2,1-2H3/t8-/m0/s1. The lowest BCUT2D eigenvalue weighted by molar-refractivity contribution is 0.244. The Balaban J connectivity index is 2.83. The number of piperidine rings is 1. The van der Waals surface area contributed by atoms with E-state index in [4.69, 9.17) is 5.73 Å². The molecule has 1 rings (SSSR count). The highest BCUT2D eigenvalue weighted by Gasteiger charge is 2.32. The normalized spacial score (nSPS) is 25.6. The van der Waals surface area contributed by atoms with Crippen LogP contribution in [0.25, 0.3) is 0 Å². The highest BCUT2D eigenvalue weighted by molar-refractivity contribution is 7.86. The molecule has 0 unspecified atom stereocenters. The SMILES string of the molecule is CN(C)S(=O)(=O)N1CCCC[C@H]1CN. The van der Waals surface area contributed by atoms with E-state index in [0.29, 0.717) is 13.1 Å². The van der Waals surface area contributed by atoms with Gasteiger partial charge in [0.2, 0.25) is 0 Å². The zero-order chi connectivity index (χ0) is 10.8. The van der Waals surface area contributed by atoms with Crippen LogP contribution in [0, 0.1) is 0 Å². The topological polar surface area (TPSA) is 66.6 Å². The first-order valence-corrected chi connectivity index (χ1v) is 6.29. The molecular weight excluding hydrogens is 202 g/mol. The smallest absolute Gasteiger partial charge is 0.281 e. The number of nitrogens with two attached hydrogens (primary N) is 1. The van der Waals surface area contributed by atoms with Crippen LogP contribution in [0.5, 0.6) is 0 Å². The Labute approximate surface area is 86.0 Å². The highest BCUT2D eigenvalue weighted by Crippen LogP contribution is 2.20. The zero-order valence-corrected chi connectivity index (χ0v) is 9.63. The fraction of sp³-hybridized carbons (Fsp3) is 1.00. The van der Waals surface area contributed by atoms with Gasteiger partial charge < -0.3 is 5.73 Å². The lowest BCUT2D eigenvalue weighted by Gasteiger charge is -2.35. The number of hydrogen-bond acceptors (Lipinski definition) is 3. The Bertz CT molecular complexity index is 276. The highest BCUT2D eigenvalue weighted by atomic mass is 32.2. The van der Waals surface area contributed by atoms with E-state index in [0.717, 1.165) is 19.3 Å². The van der Waals surface area contributed by atoms with Crippen LogP contribution < -0.4 is 5.73 Å². The maximum Gasteiger partial charge on any atom is 0.281 e. The Morgan fingerprint density at radius 1 is 1.43 bits per heavy atom. The van der Waals surface area contributed by atoms with E-state index in [2.05, 4.69) is 0 Å². The second-order valence-corrected chi connectivity index (χ2v) is 5.88. The van der Waals surface area contributed by atoms with Crippen LogP contribution in [0.3, 0.4) is 0 Å². The van der Waals surface area contributed by atoms with Crippen LogP contribution in [0.15, 0.2) is 0 Å². The van der Waals surface area contributed by atoms with Crippen LogP contribution in [0.2, 0.25) is 0 Å². The van der Waals surface area contributed by atoms with Gasteiger partial charge in [0.25, 0.3) is 10.2 Å². The summed E-state index contributed by atoms with van der Waals surface area (Å²) in [5, 5.41) is 0. The van der Waals surface area contributed by atoms with E-state index < -0.39 is 10.2 Å². The molecule has 0 aromatic carbocycles. The predicted molar refractivity (Wildman–Crippen MR) is 56.0 cm³/mol. The molecule has 0 bridgehead atoms. The summed E-state index contributed by atoms with van der Waals surface area (Å²) in [6, 6.07) is -0.0175. The molecule has 0 aliphatic carbocycles. The molecule has 1 aliphatic rings. The van der Waals surface area contributed by atoms with Gasteiger partial charge in [-0.25, -0.2) is 0 Å². The largest absolute Gasteiger partial charge is 0.329 e. The van der Waals surface area contributed by atoms with Crippen molar-refractivity contribution in [3.8, 4) is 0 Å². The molecule has 1 aliphatic heterocycles. The van der Waals surface area contributed by atoms with Crippen LogP contribution in [0.1, 0.15) is 19.3 Å². The van der Waals surface area contributed by atoms with Crippen molar-refractivity contribution in [3.63, 3.8) is 0 Å². The van der Waals surface area contributed by atoms with Crippen molar-refractivity contribution < 1.29 is 8.42 Å². The van der Waals surface area contributed by atoms with E-state index in [-0.39, 0.29) is 6.04 Å². The van der Waals surface area contributed by atoms with Gasteiger partial charge in [-0.3, -0.25) is 0 Å². The van der Waals surface area contributed by atoms with Gasteiger partial charge in [-0.1, -0.05) is 6.42 Å². The molecule has 84 valence electrons. The van der Waals surface area contributed by atoms with Crippen LogP contribution >= 0.6 is 0 Å². The minimum Gasteiger partial charge on any atom is -0.329 e. The second kappa shape index (κ2) is 4.57. The van der Waals surface area contributed by atoms with Crippen molar-refractivity contribution >= 4 is 10.2 Å². The van der Waals surface area contributed by atoms with Gasteiger partial charge in [-0.15, -0.1) is 0 Å². The number of hydrogen-bond donors (Lipinski definition) is 1. The van der Waals surface area contributed by atoms with Crippen molar-refractivity contribution in [1.29, 1.82) is 0 Å². The molecule has 0 aromatic rings. The van der Waals surface area contributed by atoms with Gasteiger partial charge >= 0.3 is 0 Å². The van der Waals surface area contributed by atoms with Crippen molar-refractivity contribution in [1.82, 2.24) is 8.61 Å². The Morgan fingerprint density at radius 2 is 2.07 bits per heavy atom. The molecular formula is C8H19N3O2S. The van der Waals surface area contributed by atoms with E-state index in [1.807, 2.05) is 0 Å². The number of nitrogens with zero attached hydrogens (tertiary/aromatic N) is 2. The summed E-state index contributed by atoms with van der Waals surface area (Å²) in [5.74, 6) is 0. The van der Waals surface area contributed by atoms with Gasteiger partial charge in [0.15, 0.2) is 0 Å². The number of rotatable bonds is 3. The van der Waals surface area contributed by atoms with Crippen molar-refractivity contribution in [2.45, 2.75) is 25.3 Å². The third kappa shape index (κ3) is 2.25. The first-order valence-electron chi connectivity index (χ1n) is 4.89. The van der Waals surface area contributed by atoms with Crippen molar-refractivity contribution in [3.05, 3.63) is 0 Å². The van der Waals surface area contributed by atoms with Crippen LogP contribution in [0.4, 0.5) is 0 Å². The molecule has 6 heteroatoms. The molecule has 0 spiro atoms. The lowest BCUT2D eigenvalue weighted by Crippen LogP contribution is -2.51. The van der Waals surface area contributed by atoms with Gasteiger partial charge in [-0.05, 0) is 12.8 Å². The summed E-state index contributed by atoms with van der Waals surface area (Å²) in [4.78, 5) is 0. The van der Waals surface area contributed by atoms with Crippen molar-refractivity contribution in [2.75, 3.05) is 27.2 Å². The van der Waals surface area contributed by atoms with Crippen LogP contribution in [-0.2, 0) is 10.2 Å². The average molecular weight is 221 g/mol. The van der Waals surface area contributed by atoms with Gasteiger partial charge in [0, 0.05) is 33.2 Å². The predicted octanol–water partition coefficient (Wildman–Crippen LogP) is -0.394. The maximum absolute atomic E-state index is 11.9. The zero-order valence-electron chi connectivity index (χ0n) is 8.81. The third-order valence-electron chi connectivity index (χ3n) is 2.60. The van der Waals surface area contributed by atoms with Gasteiger partial charge in [0.1, 0.15) is 0 Å². The second-order valence-electron chi connectivity index (χ2n) is 3.79. The van der Waals surface area contributed by atoms with E-state index in [1.165, 1.54) is 8.61 Å². The van der Waals surface area contributed by atoms with Gasteiger partial charge in [0.05, 0.1) is 0 Å². The first-order chi connectivity index (χ1) is 6.50. The van der Waals surface area contributed by atoms with Crippen LogP contribution in [-0.4, -0.2) is 50.3 Å². The van der Waals surface area contributed by atoms with Crippen molar-refractivity contribution in [2.24, 2.45) is 5.73 Å². The van der Waals surface area contributed by atoms with E-state index >= 15 is 0 Å². The average Bonchev–Trinajstić information content (AvgIpc) is 2.17. The molecule has 14 heavy (non-hydrogen) atoms. The summed E-state index contributed by atoms with van der Waals surface area (Å²) in [5.41, 5.74) is 5.57. The van der Waals surface area contributed by atoms with Gasteiger partial charge in [-0.2, -0.15) is 17.0 Å². The third-order valence-corrected chi connectivity index (χ3v) is 4.60. The minimum atomic E-state index is -3.27. The summed E-state index contributed by atoms with van der Waals surface area (Å²) in [6.45, 7) is 1.01. The molecule has 2 N–H and O–H groups in total.